The number of sulfonamides is 1. The van der Waals surface area contributed by atoms with Crippen molar-refractivity contribution >= 4 is 15.7 Å². The monoisotopic (exact) mass is 280 g/mol. The lowest BCUT2D eigenvalue weighted by molar-refractivity contribution is 0.460. The first-order valence-electron chi connectivity index (χ1n) is 6.19. The van der Waals surface area contributed by atoms with E-state index in [0.717, 1.165) is 0 Å². The Kier molecular flexibility index (Phi) is 4.96. The van der Waals surface area contributed by atoms with Crippen LogP contribution in [0.2, 0.25) is 0 Å². The molecule has 1 rings (SSSR count). The highest BCUT2D eigenvalue weighted by molar-refractivity contribution is 7.92. The van der Waals surface area contributed by atoms with Gasteiger partial charge in [-0.2, -0.15) is 5.26 Å². The zero-order valence-electron chi connectivity index (χ0n) is 11.6. The molecule has 1 aromatic carbocycles. The van der Waals surface area contributed by atoms with Gasteiger partial charge in [-0.25, -0.2) is 8.42 Å². The summed E-state index contributed by atoms with van der Waals surface area (Å²) in [5, 5.41) is 8.69. The summed E-state index contributed by atoms with van der Waals surface area (Å²) < 4.78 is 26.3. The molecule has 0 saturated carbocycles. The number of hydrogen-bond donors (Lipinski definition) is 0. The van der Waals surface area contributed by atoms with E-state index < -0.39 is 10.0 Å². The van der Waals surface area contributed by atoms with Gasteiger partial charge in [0.1, 0.15) is 0 Å². The summed E-state index contributed by atoms with van der Waals surface area (Å²) in [6.07, 6.45) is 0.179. The lowest BCUT2D eigenvalue weighted by atomic mass is 10.0. The highest BCUT2D eigenvalue weighted by Crippen LogP contribution is 2.24. The smallest absolute Gasteiger partial charge is 0.235 e. The maximum Gasteiger partial charge on any atom is 0.235 e. The molecule has 4 nitrogen and oxygen atoms in total. The van der Waals surface area contributed by atoms with Crippen LogP contribution in [-0.4, -0.2) is 20.7 Å². The van der Waals surface area contributed by atoms with Gasteiger partial charge in [0.2, 0.25) is 10.0 Å². The van der Waals surface area contributed by atoms with Crippen LogP contribution < -0.4 is 4.31 Å². The fourth-order valence-electron chi connectivity index (χ4n) is 1.80. The molecule has 0 aliphatic carbocycles. The summed E-state index contributed by atoms with van der Waals surface area (Å²) in [5.41, 5.74) is 0.292. The number of hydrogen-bond acceptors (Lipinski definition) is 3. The van der Waals surface area contributed by atoms with Crippen LogP contribution in [0.25, 0.3) is 0 Å². The predicted octanol–water partition coefficient (Wildman–Crippen LogP) is 2.78. The average molecular weight is 280 g/mol. The number of nitrogens with zero attached hydrogens (tertiary/aromatic N) is 2. The molecule has 0 bridgehead atoms. The Morgan fingerprint density at radius 1 is 1.21 bits per heavy atom. The molecule has 0 aliphatic rings. The average Bonchev–Trinajstić information content (AvgIpc) is 2.27. The molecule has 0 N–H and O–H groups in total. The van der Waals surface area contributed by atoms with Crippen LogP contribution in [0.5, 0.6) is 0 Å². The Morgan fingerprint density at radius 3 is 2.26 bits per heavy atom. The molecule has 0 atom stereocenters. The van der Waals surface area contributed by atoms with Gasteiger partial charge >= 0.3 is 0 Å². The first kappa shape index (κ1) is 15.5. The lowest BCUT2D eigenvalue weighted by Crippen LogP contribution is -2.37. The third-order valence-electron chi connectivity index (χ3n) is 2.42. The maximum atomic E-state index is 12.5. The van der Waals surface area contributed by atoms with Gasteiger partial charge in [0.15, 0.2) is 0 Å². The van der Waals surface area contributed by atoms with E-state index in [9.17, 15) is 8.42 Å². The topological polar surface area (TPSA) is 61.2 Å². The zero-order valence-corrected chi connectivity index (χ0v) is 12.4. The lowest BCUT2D eigenvalue weighted by Gasteiger charge is -2.27. The maximum absolute atomic E-state index is 12.5. The van der Waals surface area contributed by atoms with Crippen molar-refractivity contribution < 1.29 is 8.42 Å². The first-order chi connectivity index (χ1) is 8.76. The van der Waals surface area contributed by atoms with Crippen molar-refractivity contribution in [3.8, 4) is 6.07 Å². The molecular weight excluding hydrogens is 260 g/mol. The molecule has 0 radical (unpaired) electrons. The quantitative estimate of drug-likeness (QED) is 0.833. The molecule has 5 heteroatoms. The molecule has 0 amide bonds. The fourth-order valence-corrected chi connectivity index (χ4v) is 3.86. The molecule has 0 aliphatic heterocycles. The summed E-state index contributed by atoms with van der Waals surface area (Å²) in [4.78, 5) is 0. The SMILES string of the molecule is CC(C)(C)CS(=O)(=O)N(CCC#N)c1ccccc1. The fraction of sp³-hybridized carbons (Fsp3) is 0.500. The highest BCUT2D eigenvalue weighted by Gasteiger charge is 2.28. The van der Waals surface area contributed by atoms with E-state index >= 15 is 0 Å². The van der Waals surface area contributed by atoms with E-state index in [0.29, 0.717) is 5.69 Å². The van der Waals surface area contributed by atoms with Gasteiger partial charge in [0, 0.05) is 6.54 Å². The number of para-hydroxylation sites is 1. The van der Waals surface area contributed by atoms with E-state index in [1.807, 2.05) is 32.9 Å². The van der Waals surface area contributed by atoms with Gasteiger partial charge in [-0.3, -0.25) is 4.31 Å². The van der Waals surface area contributed by atoms with Crippen LogP contribution in [0.3, 0.4) is 0 Å². The molecule has 0 heterocycles. The minimum Gasteiger partial charge on any atom is -0.269 e. The largest absolute Gasteiger partial charge is 0.269 e. The minimum atomic E-state index is -3.42. The zero-order chi connectivity index (χ0) is 14.5. The Labute approximate surface area is 115 Å². The van der Waals surface area contributed by atoms with Crippen molar-refractivity contribution in [1.29, 1.82) is 5.26 Å². The van der Waals surface area contributed by atoms with Gasteiger partial charge in [-0.15, -0.1) is 0 Å². The molecular formula is C14H20N2O2S. The number of anilines is 1. The van der Waals surface area contributed by atoms with Crippen molar-refractivity contribution in [2.75, 3.05) is 16.6 Å². The van der Waals surface area contributed by atoms with Gasteiger partial charge in [-0.05, 0) is 17.5 Å². The van der Waals surface area contributed by atoms with Crippen LogP contribution in [0.4, 0.5) is 5.69 Å². The van der Waals surface area contributed by atoms with Crippen LogP contribution in [0.15, 0.2) is 30.3 Å². The molecule has 104 valence electrons. The van der Waals surface area contributed by atoms with Crippen molar-refractivity contribution in [3.63, 3.8) is 0 Å². The van der Waals surface area contributed by atoms with Gasteiger partial charge in [0.05, 0.1) is 23.9 Å². The molecule has 0 aromatic heterocycles. The Hall–Kier alpha value is -1.54. The van der Waals surface area contributed by atoms with E-state index in [-0.39, 0.29) is 24.1 Å². The second-order valence-corrected chi connectivity index (χ2v) is 7.53. The summed E-state index contributed by atoms with van der Waals surface area (Å²) in [7, 11) is -3.42. The standard InChI is InChI=1S/C14H20N2O2S/c1-14(2,3)12-19(17,18)16(11-7-10-15)13-8-5-4-6-9-13/h4-6,8-9H,7,11-12H2,1-3H3. The van der Waals surface area contributed by atoms with Crippen LogP contribution in [-0.2, 0) is 10.0 Å². The Balaban J connectivity index is 3.08. The molecule has 1 aromatic rings. The van der Waals surface area contributed by atoms with E-state index in [4.69, 9.17) is 5.26 Å². The van der Waals surface area contributed by atoms with Crippen molar-refractivity contribution in [2.24, 2.45) is 5.41 Å². The number of rotatable bonds is 5. The molecule has 0 saturated heterocycles. The predicted molar refractivity (Wildman–Crippen MR) is 77.3 cm³/mol. The summed E-state index contributed by atoms with van der Waals surface area (Å²) in [6.45, 7) is 5.85. The Morgan fingerprint density at radius 2 is 1.79 bits per heavy atom. The third kappa shape index (κ3) is 4.92. The highest BCUT2D eigenvalue weighted by atomic mass is 32.2. The summed E-state index contributed by atoms with van der Waals surface area (Å²) >= 11 is 0. The third-order valence-corrected chi connectivity index (χ3v) is 4.72. The van der Waals surface area contributed by atoms with E-state index in [1.54, 1.807) is 24.3 Å². The Bertz CT molecular complexity index is 539. The first-order valence-corrected chi connectivity index (χ1v) is 7.79. The van der Waals surface area contributed by atoms with E-state index in [1.165, 1.54) is 4.31 Å². The van der Waals surface area contributed by atoms with Gasteiger partial charge in [0.25, 0.3) is 0 Å². The van der Waals surface area contributed by atoms with Crippen LogP contribution >= 0.6 is 0 Å². The summed E-state index contributed by atoms with van der Waals surface area (Å²) in [5.74, 6) is 0.0559. The molecule has 0 unspecified atom stereocenters. The second-order valence-electron chi connectivity index (χ2n) is 5.63. The second kappa shape index (κ2) is 6.07. The molecule has 0 spiro atoms. The van der Waals surface area contributed by atoms with Crippen LogP contribution in [0.1, 0.15) is 27.2 Å². The van der Waals surface area contributed by atoms with Crippen LogP contribution in [0, 0.1) is 16.7 Å². The molecule has 19 heavy (non-hydrogen) atoms. The molecule has 0 fully saturated rings. The van der Waals surface area contributed by atoms with Crippen molar-refractivity contribution in [1.82, 2.24) is 0 Å². The van der Waals surface area contributed by atoms with Crippen molar-refractivity contribution in [2.45, 2.75) is 27.2 Å². The number of nitriles is 1. The normalized spacial score (nSPS) is 11.9. The van der Waals surface area contributed by atoms with Gasteiger partial charge < -0.3 is 0 Å². The van der Waals surface area contributed by atoms with E-state index in [2.05, 4.69) is 0 Å². The summed E-state index contributed by atoms with van der Waals surface area (Å²) in [6, 6.07) is 10.9. The van der Waals surface area contributed by atoms with Crippen molar-refractivity contribution in [3.05, 3.63) is 30.3 Å². The minimum absolute atomic E-state index is 0.0559. The van der Waals surface area contributed by atoms with Gasteiger partial charge in [-0.1, -0.05) is 39.0 Å². The number of benzene rings is 1.